The maximum absolute atomic E-state index is 6.61. The van der Waals surface area contributed by atoms with Gasteiger partial charge < -0.3 is 13.6 Å². The molecule has 4 heterocycles. The Morgan fingerprint density at radius 2 is 0.903 bits per heavy atom. The zero-order valence-corrected chi connectivity index (χ0v) is 39.5. The van der Waals surface area contributed by atoms with E-state index in [0.29, 0.717) is 17.5 Å². The molecule has 6 heteroatoms. The van der Waals surface area contributed by atoms with Crippen LogP contribution in [0.1, 0.15) is 25.0 Å². The Morgan fingerprint density at radius 3 is 1.65 bits per heavy atom. The van der Waals surface area contributed by atoms with Gasteiger partial charge in [-0.05, 0) is 100 Å². The van der Waals surface area contributed by atoms with Crippen LogP contribution in [0.3, 0.4) is 0 Å². The molecule has 14 aromatic rings. The molecule has 0 atom stereocenters. The molecule has 6 nitrogen and oxygen atoms in total. The summed E-state index contributed by atoms with van der Waals surface area (Å²) in [7, 11) is 0. The molecule has 0 saturated carbocycles. The molecule has 0 aliphatic heterocycles. The first-order chi connectivity index (χ1) is 35.4. The van der Waals surface area contributed by atoms with Crippen molar-refractivity contribution < 1.29 is 4.42 Å². The van der Waals surface area contributed by atoms with Crippen LogP contribution >= 0.6 is 0 Å². The molecule has 4 aromatic heterocycles. The van der Waals surface area contributed by atoms with Gasteiger partial charge >= 0.3 is 0 Å². The van der Waals surface area contributed by atoms with E-state index in [1.54, 1.807) is 0 Å². The highest BCUT2D eigenvalue weighted by Gasteiger charge is 2.36. The lowest BCUT2D eigenvalue weighted by Gasteiger charge is -2.21. The molecule has 1 aliphatic rings. The predicted octanol–water partition coefficient (Wildman–Crippen LogP) is 16.9. The molecule has 0 N–H and O–H groups in total. The van der Waals surface area contributed by atoms with E-state index in [0.717, 1.165) is 83.2 Å². The van der Waals surface area contributed by atoms with Crippen LogP contribution in [0, 0.1) is 0 Å². The predicted molar refractivity (Wildman–Crippen MR) is 295 cm³/mol. The molecule has 338 valence electrons. The van der Waals surface area contributed by atoms with Gasteiger partial charge in [0.05, 0.1) is 27.8 Å². The van der Waals surface area contributed by atoms with Crippen LogP contribution in [0.5, 0.6) is 0 Å². The summed E-state index contributed by atoms with van der Waals surface area (Å²) in [5.41, 5.74) is 18.6. The number of fused-ring (bicyclic) bond motifs is 12. The summed E-state index contributed by atoms with van der Waals surface area (Å²) >= 11 is 0. The van der Waals surface area contributed by atoms with Crippen LogP contribution in [0.25, 0.3) is 133 Å². The van der Waals surface area contributed by atoms with Crippen LogP contribution in [-0.2, 0) is 5.41 Å². The first kappa shape index (κ1) is 40.5. The Labute approximate surface area is 414 Å². The number of hydrogen-bond acceptors (Lipinski definition) is 4. The lowest BCUT2D eigenvalue weighted by Crippen LogP contribution is -2.14. The maximum atomic E-state index is 6.61. The van der Waals surface area contributed by atoms with Gasteiger partial charge in [0.25, 0.3) is 0 Å². The number of nitrogens with zero attached hydrogens (tertiary/aromatic N) is 5. The lowest BCUT2D eigenvalue weighted by atomic mass is 9.82. The number of hydrogen-bond donors (Lipinski definition) is 0. The van der Waals surface area contributed by atoms with Crippen molar-refractivity contribution in [2.45, 2.75) is 19.3 Å². The molecule has 0 fully saturated rings. The zero-order valence-electron chi connectivity index (χ0n) is 39.5. The van der Waals surface area contributed by atoms with E-state index in [2.05, 4.69) is 205 Å². The van der Waals surface area contributed by atoms with Crippen molar-refractivity contribution in [2.75, 3.05) is 0 Å². The molecule has 15 rings (SSSR count). The topological polar surface area (TPSA) is 61.7 Å². The second-order valence-electron chi connectivity index (χ2n) is 19.6. The Balaban J connectivity index is 0.926. The maximum Gasteiger partial charge on any atom is 0.164 e. The summed E-state index contributed by atoms with van der Waals surface area (Å²) in [5.74, 6) is 1.90. The molecule has 0 amide bonds. The fourth-order valence-electron chi connectivity index (χ4n) is 11.7. The number of para-hydroxylation sites is 3. The smallest absolute Gasteiger partial charge is 0.164 e. The van der Waals surface area contributed by atoms with E-state index in [-0.39, 0.29) is 5.41 Å². The van der Waals surface area contributed by atoms with Crippen molar-refractivity contribution in [1.29, 1.82) is 0 Å². The largest absolute Gasteiger partial charge is 0.454 e. The number of rotatable bonds is 6. The van der Waals surface area contributed by atoms with Gasteiger partial charge in [-0.1, -0.05) is 172 Å². The molecule has 0 radical (unpaired) electrons. The van der Waals surface area contributed by atoms with Gasteiger partial charge in [0.15, 0.2) is 23.1 Å². The van der Waals surface area contributed by atoms with Crippen LogP contribution in [0.2, 0.25) is 0 Å². The minimum atomic E-state index is -0.175. The first-order valence-corrected chi connectivity index (χ1v) is 24.6. The van der Waals surface area contributed by atoms with E-state index in [1.807, 2.05) is 42.5 Å². The van der Waals surface area contributed by atoms with Crippen molar-refractivity contribution in [3.8, 4) is 67.8 Å². The molecule has 1 aliphatic carbocycles. The minimum Gasteiger partial charge on any atom is -0.454 e. The summed E-state index contributed by atoms with van der Waals surface area (Å²) < 4.78 is 11.4. The third-order valence-electron chi connectivity index (χ3n) is 15.2. The summed E-state index contributed by atoms with van der Waals surface area (Å²) in [6.07, 6.45) is 0. The average molecular weight is 922 g/mol. The normalized spacial score (nSPS) is 13.0. The molecule has 0 saturated heterocycles. The van der Waals surface area contributed by atoms with E-state index in [4.69, 9.17) is 19.4 Å². The minimum absolute atomic E-state index is 0.175. The van der Waals surface area contributed by atoms with Gasteiger partial charge in [0, 0.05) is 60.1 Å². The molecular weight excluding hydrogens is 879 g/mol. The molecule has 72 heavy (non-hydrogen) atoms. The van der Waals surface area contributed by atoms with Crippen molar-refractivity contribution in [3.05, 3.63) is 236 Å². The molecule has 0 unspecified atom stereocenters. The van der Waals surface area contributed by atoms with Gasteiger partial charge in [-0.3, -0.25) is 0 Å². The number of furan rings is 1. The summed E-state index contributed by atoms with van der Waals surface area (Å²) in [4.78, 5) is 15.2. The highest BCUT2D eigenvalue weighted by Crippen LogP contribution is 2.51. The Hall–Kier alpha value is -9.39. The Bertz CT molecular complexity index is 4480. The van der Waals surface area contributed by atoms with Gasteiger partial charge in [0.1, 0.15) is 5.58 Å². The van der Waals surface area contributed by atoms with Crippen molar-refractivity contribution in [3.63, 3.8) is 0 Å². The molecule has 0 bridgehead atoms. The fourth-order valence-corrected chi connectivity index (χ4v) is 11.7. The quantitative estimate of drug-likeness (QED) is 0.167. The summed E-state index contributed by atoms with van der Waals surface area (Å²) in [6, 6.07) is 80.2. The summed E-state index contributed by atoms with van der Waals surface area (Å²) in [5, 5.41) is 7.02. The van der Waals surface area contributed by atoms with Crippen LogP contribution in [-0.4, -0.2) is 24.1 Å². The third-order valence-corrected chi connectivity index (χ3v) is 15.2. The van der Waals surface area contributed by atoms with E-state index in [9.17, 15) is 0 Å². The van der Waals surface area contributed by atoms with Crippen LogP contribution in [0.4, 0.5) is 0 Å². The zero-order chi connectivity index (χ0) is 47.7. The van der Waals surface area contributed by atoms with Crippen molar-refractivity contribution in [1.82, 2.24) is 24.1 Å². The van der Waals surface area contributed by atoms with Gasteiger partial charge in [0.2, 0.25) is 0 Å². The second-order valence-corrected chi connectivity index (χ2v) is 19.6. The fraction of sp³-hybridized carbons (Fsp3) is 0.0455. The van der Waals surface area contributed by atoms with E-state index in [1.165, 1.54) is 43.8 Å². The van der Waals surface area contributed by atoms with Crippen LogP contribution < -0.4 is 0 Å². The lowest BCUT2D eigenvalue weighted by molar-refractivity contribution is 0.661. The van der Waals surface area contributed by atoms with Crippen molar-refractivity contribution >= 4 is 65.6 Å². The van der Waals surface area contributed by atoms with Crippen molar-refractivity contribution in [2.24, 2.45) is 0 Å². The third kappa shape index (κ3) is 5.99. The average Bonchev–Trinajstić information content (AvgIpc) is 4.15. The molecule has 10 aromatic carbocycles. The molecule has 0 spiro atoms. The summed E-state index contributed by atoms with van der Waals surface area (Å²) in [6.45, 7) is 4.71. The van der Waals surface area contributed by atoms with Crippen LogP contribution in [0.15, 0.2) is 229 Å². The highest BCUT2D eigenvalue weighted by atomic mass is 16.3. The van der Waals surface area contributed by atoms with E-state index >= 15 is 0 Å². The standard InChI is InChI=1S/C66H43N5O/c1-66(2)54-27-12-9-23-46(54)50-38-53-52-37-43(42-32-34-58-51(36-42)47-24-10-13-28-56(47)71(58)59-29-16-26-49-48-25-11-14-30-61(48)72-62(49)59)31-33-57(52)70(60(53)39-55(50)66)45-22-15-21-44(35-45)65-68-63(40-17-5-3-6-18-40)67-64(69-65)41-19-7-4-8-20-41/h3-39H,1-2H3. The number of benzene rings is 10. The second kappa shape index (κ2) is 15.3. The monoisotopic (exact) mass is 921 g/mol. The highest BCUT2D eigenvalue weighted by molar-refractivity contribution is 6.15. The van der Waals surface area contributed by atoms with Gasteiger partial charge in [-0.25, -0.2) is 15.0 Å². The Morgan fingerprint density at radius 1 is 0.347 bits per heavy atom. The first-order valence-electron chi connectivity index (χ1n) is 24.6. The van der Waals surface area contributed by atoms with E-state index < -0.39 is 0 Å². The SMILES string of the molecule is CC1(C)c2ccccc2-c2cc3c4cc(-c5ccc6c(c5)c5ccccc5n6-c5cccc6c5oc5ccccc56)ccc4n(-c4cccc(-c5nc(-c6ccccc6)nc(-c6ccccc6)n5)c4)c3cc21. The number of aromatic nitrogens is 5. The Kier molecular flexibility index (Phi) is 8.61. The van der Waals surface area contributed by atoms with Gasteiger partial charge in [-0.2, -0.15) is 0 Å². The van der Waals surface area contributed by atoms with Gasteiger partial charge in [-0.15, -0.1) is 0 Å². The molecular formula is C66H43N5O.